The van der Waals surface area contributed by atoms with Crippen molar-refractivity contribution in [2.24, 2.45) is 0 Å². The third-order valence-corrected chi connectivity index (χ3v) is 9.16. The lowest BCUT2D eigenvalue weighted by Gasteiger charge is -2.44. The molecule has 0 radical (unpaired) electrons. The summed E-state index contributed by atoms with van der Waals surface area (Å²) in [6, 6.07) is 9.93. The molecule has 23 heteroatoms. The lowest BCUT2D eigenvalue weighted by Crippen LogP contribution is -2.81. The summed E-state index contributed by atoms with van der Waals surface area (Å²) in [5.41, 5.74) is -12.3. The van der Waals surface area contributed by atoms with Crippen molar-refractivity contribution < 1.29 is 87.8 Å². The zero-order chi connectivity index (χ0) is 43.3. The summed E-state index contributed by atoms with van der Waals surface area (Å²) in [6.45, 7) is 0. The number of hydrogen-bond acceptors (Lipinski definition) is 1. The van der Waals surface area contributed by atoms with E-state index in [0.717, 1.165) is 11.3 Å². The molecule has 0 aliphatic heterocycles. The maximum atomic E-state index is 15.4. The van der Waals surface area contributed by atoms with E-state index in [2.05, 4.69) is 18.6 Å². The summed E-state index contributed by atoms with van der Waals surface area (Å²) < 4.78 is 294. The molecule has 0 aliphatic carbocycles. The van der Waals surface area contributed by atoms with Crippen molar-refractivity contribution in [1.29, 1.82) is 5.26 Å². The van der Waals surface area contributed by atoms with E-state index in [1.165, 1.54) is 5.56 Å². The summed E-state index contributed by atoms with van der Waals surface area (Å²) in [5, 5.41) is 8.56. The van der Waals surface area contributed by atoms with Gasteiger partial charge in [-0.2, -0.15) is 5.26 Å². The van der Waals surface area contributed by atoms with Gasteiger partial charge in [0.25, 0.3) is 0 Å². The van der Waals surface area contributed by atoms with Gasteiger partial charge in [-0.05, 0) is 23.0 Å². The summed E-state index contributed by atoms with van der Waals surface area (Å²) in [6.07, 6.45) is -2.78. The summed E-state index contributed by atoms with van der Waals surface area (Å²) in [7, 11) is 0.442. The van der Waals surface area contributed by atoms with E-state index in [-0.39, 0.29) is 0 Å². The van der Waals surface area contributed by atoms with Gasteiger partial charge in [0.15, 0.2) is 69.8 Å². The van der Waals surface area contributed by atoms with Gasteiger partial charge < -0.3 is 0 Å². The molecule has 0 bridgehead atoms. The van der Waals surface area contributed by atoms with Crippen LogP contribution in [0.15, 0.2) is 24.3 Å². The maximum Gasteiger partial charge on any atom is 0.200 e. The molecule has 5 rings (SSSR count). The fourth-order valence-corrected chi connectivity index (χ4v) is 6.74. The molecule has 0 amide bonds. The Morgan fingerprint density at radius 1 is 0.368 bits per heavy atom. The van der Waals surface area contributed by atoms with Crippen LogP contribution in [0.3, 0.4) is 0 Å². The lowest BCUT2D eigenvalue weighted by molar-refractivity contribution is 0.378. The number of halogens is 20. The first kappa shape index (κ1) is 44.3. The van der Waals surface area contributed by atoms with Crippen LogP contribution in [-0.2, 0) is 16.6 Å². The molecule has 0 N–H and O–H groups in total. The van der Waals surface area contributed by atoms with E-state index in [1.807, 2.05) is 24.3 Å². The van der Waals surface area contributed by atoms with Crippen LogP contribution < -0.4 is 21.9 Å². The third kappa shape index (κ3) is 7.01. The predicted molar refractivity (Wildman–Crippen MR) is 163 cm³/mol. The highest BCUT2D eigenvalue weighted by Gasteiger charge is 2.52. The molecule has 5 aromatic rings. The molecule has 0 saturated carbocycles. The first-order valence-electron chi connectivity index (χ1n) is 14.7. The van der Waals surface area contributed by atoms with Crippen molar-refractivity contribution in [2.75, 3.05) is 12.5 Å². The van der Waals surface area contributed by atoms with Gasteiger partial charge in [0, 0.05) is 5.56 Å². The van der Waals surface area contributed by atoms with Crippen molar-refractivity contribution in [1.82, 2.24) is 0 Å². The van der Waals surface area contributed by atoms with Crippen LogP contribution in [0, 0.1) is 128 Å². The van der Waals surface area contributed by atoms with Crippen LogP contribution in [0.25, 0.3) is 0 Å². The quantitative estimate of drug-likeness (QED) is 0.0564. The third-order valence-electron chi connectivity index (χ3n) is 8.25. The second-order valence-electron chi connectivity index (χ2n) is 11.7. The minimum Gasteiger partial charge on any atom is -0.207 e. The second-order valence-corrected chi connectivity index (χ2v) is 14.0. The molecule has 57 heavy (non-hydrogen) atoms. The monoisotopic (exact) mass is 857 g/mol. The smallest absolute Gasteiger partial charge is 0.200 e. The minimum absolute atomic E-state index is 0.442. The molecule has 0 atom stereocenters. The van der Waals surface area contributed by atoms with Gasteiger partial charge in [0.1, 0.15) is 58.4 Å². The predicted octanol–water partition coefficient (Wildman–Crippen LogP) is 7.78. The SMILES string of the molecule is C[S+](C)Cc1ccc(C#N)cc1.Fc1c(F)c(F)c([B-](c2c(F)c(F)c(F)c(F)c2F)(c2c(F)c(F)c(F)c(F)c2F)c2c(F)c(F)c(F)c(F)c2F)c(F)c1F. The highest BCUT2D eigenvalue weighted by Crippen LogP contribution is 2.30. The van der Waals surface area contributed by atoms with Gasteiger partial charge >= 0.3 is 0 Å². The number of benzene rings is 5. The topological polar surface area (TPSA) is 23.8 Å². The molecule has 0 heterocycles. The lowest BCUT2D eigenvalue weighted by atomic mass is 9.12. The Morgan fingerprint density at radius 3 is 0.737 bits per heavy atom. The van der Waals surface area contributed by atoms with Gasteiger partial charge in [-0.15, -0.1) is 21.9 Å². The van der Waals surface area contributed by atoms with Crippen LogP contribution in [0.5, 0.6) is 0 Å². The Kier molecular flexibility index (Phi) is 12.6. The Hall–Kier alpha value is -5.40. The fraction of sp³-hybridized carbons (Fsp3) is 0.0882. The maximum absolute atomic E-state index is 15.4. The molecule has 0 unspecified atom stereocenters. The molecular formula is C34H12BF20NS. The molecule has 0 saturated heterocycles. The van der Waals surface area contributed by atoms with Crippen molar-refractivity contribution in [3.8, 4) is 6.07 Å². The molecular weight excluding hydrogens is 845 g/mol. The summed E-state index contributed by atoms with van der Waals surface area (Å²) in [5.74, 6) is -70.3. The molecule has 5 aromatic carbocycles. The Bertz CT molecular complexity index is 2100. The van der Waals surface area contributed by atoms with E-state index in [1.54, 1.807) is 0 Å². The number of nitriles is 1. The minimum atomic E-state index is -7.22. The van der Waals surface area contributed by atoms with Crippen LogP contribution in [0.4, 0.5) is 87.8 Å². The molecule has 0 aliphatic rings. The zero-order valence-corrected chi connectivity index (χ0v) is 28.3. The molecule has 302 valence electrons. The van der Waals surface area contributed by atoms with Crippen LogP contribution in [-0.4, -0.2) is 18.7 Å². The van der Waals surface area contributed by atoms with Gasteiger partial charge in [-0.25, -0.2) is 87.8 Å². The Balaban J connectivity index is 0.000000512. The first-order chi connectivity index (χ1) is 26.4. The average molecular weight is 857 g/mol. The standard InChI is InChI=1S/C24BF20.C10H12NS/c26-5-1(6(27)14(35)21(42)13(5)34)25(2-7(28)15(36)22(43)16(37)8(2)29,3-9(30)17(38)23(44)18(39)10(3)31)4-11(32)19(40)24(45)20(41)12(4)33;1-12(2)8-10-5-3-9(7-11)4-6-10/h;3-6H,8H2,1-2H3/q-1;+1. The highest BCUT2D eigenvalue weighted by molar-refractivity contribution is 7.94. The van der Waals surface area contributed by atoms with E-state index >= 15 is 35.1 Å². The first-order valence-corrected chi connectivity index (χ1v) is 16.9. The summed E-state index contributed by atoms with van der Waals surface area (Å²) >= 11 is 0. The Labute approximate surface area is 308 Å². The van der Waals surface area contributed by atoms with E-state index in [4.69, 9.17) is 5.26 Å². The normalized spacial score (nSPS) is 11.5. The molecule has 0 aromatic heterocycles. The van der Waals surface area contributed by atoms with Gasteiger partial charge in [0.2, 0.25) is 0 Å². The van der Waals surface area contributed by atoms with E-state index < -0.39 is 144 Å². The van der Waals surface area contributed by atoms with Crippen LogP contribution in [0.2, 0.25) is 0 Å². The molecule has 0 spiro atoms. The van der Waals surface area contributed by atoms with Gasteiger partial charge in [0.05, 0.1) is 24.1 Å². The van der Waals surface area contributed by atoms with Gasteiger partial charge in [-0.1, -0.05) is 12.1 Å². The van der Waals surface area contributed by atoms with Crippen molar-refractivity contribution in [2.45, 2.75) is 5.75 Å². The number of nitrogens with zero attached hydrogens (tertiary/aromatic N) is 1. The molecule has 0 fully saturated rings. The van der Waals surface area contributed by atoms with Crippen molar-refractivity contribution in [3.63, 3.8) is 0 Å². The fourth-order valence-electron chi connectivity index (χ4n) is 5.88. The zero-order valence-electron chi connectivity index (χ0n) is 27.5. The second kappa shape index (κ2) is 16.2. The summed E-state index contributed by atoms with van der Waals surface area (Å²) in [4.78, 5) is 0. The van der Waals surface area contributed by atoms with Crippen molar-refractivity contribution in [3.05, 3.63) is 152 Å². The number of rotatable bonds is 6. The largest absolute Gasteiger partial charge is 0.207 e. The average Bonchev–Trinajstić information content (AvgIpc) is 3.18. The van der Waals surface area contributed by atoms with Crippen molar-refractivity contribution >= 4 is 38.9 Å². The van der Waals surface area contributed by atoms with Gasteiger partial charge in [-0.3, -0.25) is 0 Å². The van der Waals surface area contributed by atoms with Crippen LogP contribution >= 0.6 is 0 Å². The highest BCUT2D eigenvalue weighted by atomic mass is 32.2. The Morgan fingerprint density at radius 2 is 0.561 bits per heavy atom. The molecule has 1 nitrogen and oxygen atoms in total. The van der Waals surface area contributed by atoms with E-state index in [0.29, 0.717) is 10.9 Å². The van der Waals surface area contributed by atoms with E-state index in [9.17, 15) is 52.7 Å². The van der Waals surface area contributed by atoms with Crippen LogP contribution in [0.1, 0.15) is 11.1 Å². The number of hydrogen-bond donors (Lipinski definition) is 0.